The van der Waals surface area contributed by atoms with E-state index in [0.717, 1.165) is 33.7 Å². The van der Waals surface area contributed by atoms with Crippen LogP contribution in [0.4, 0.5) is 11.5 Å². The SMILES string of the molecule is COc1ccc(NC(=O)c2ccc(CNc3n[nH]c4ccccc34)cc2)cc1. The number of rotatable bonds is 6. The quantitative estimate of drug-likeness (QED) is 0.468. The summed E-state index contributed by atoms with van der Waals surface area (Å²) in [6, 6.07) is 22.7. The summed E-state index contributed by atoms with van der Waals surface area (Å²) in [5, 5.41) is 14.6. The van der Waals surface area contributed by atoms with Gasteiger partial charge in [-0.15, -0.1) is 0 Å². The van der Waals surface area contributed by atoms with E-state index in [1.807, 2.05) is 72.8 Å². The maximum Gasteiger partial charge on any atom is 0.255 e. The lowest BCUT2D eigenvalue weighted by atomic mass is 10.1. The molecule has 4 rings (SSSR count). The van der Waals surface area contributed by atoms with Gasteiger partial charge in [-0.1, -0.05) is 24.3 Å². The monoisotopic (exact) mass is 372 g/mol. The molecular formula is C22H20N4O2. The number of carbonyl (C=O) groups excluding carboxylic acids is 1. The van der Waals surface area contributed by atoms with Crippen molar-refractivity contribution in [3.8, 4) is 5.75 Å². The van der Waals surface area contributed by atoms with E-state index in [1.165, 1.54) is 0 Å². The zero-order valence-electron chi connectivity index (χ0n) is 15.4. The van der Waals surface area contributed by atoms with Gasteiger partial charge in [0.1, 0.15) is 5.75 Å². The van der Waals surface area contributed by atoms with Crippen molar-refractivity contribution in [1.82, 2.24) is 10.2 Å². The van der Waals surface area contributed by atoms with Crippen molar-refractivity contribution in [1.29, 1.82) is 0 Å². The number of carbonyl (C=O) groups is 1. The van der Waals surface area contributed by atoms with E-state index in [4.69, 9.17) is 4.74 Å². The molecule has 0 radical (unpaired) electrons. The Morgan fingerprint density at radius 1 is 1.00 bits per heavy atom. The molecule has 6 nitrogen and oxygen atoms in total. The molecule has 6 heteroatoms. The Morgan fingerprint density at radius 3 is 2.50 bits per heavy atom. The van der Waals surface area contributed by atoms with Crippen molar-refractivity contribution in [2.75, 3.05) is 17.7 Å². The molecule has 0 saturated carbocycles. The minimum absolute atomic E-state index is 0.150. The molecular weight excluding hydrogens is 352 g/mol. The molecule has 0 aliphatic heterocycles. The third-order valence-electron chi connectivity index (χ3n) is 4.49. The number of benzene rings is 3. The maximum absolute atomic E-state index is 12.4. The van der Waals surface area contributed by atoms with Crippen molar-refractivity contribution >= 4 is 28.3 Å². The molecule has 0 saturated heterocycles. The number of nitrogens with zero attached hydrogens (tertiary/aromatic N) is 1. The second-order valence-electron chi connectivity index (χ2n) is 6.35. The Labute approximate surface area is 162 Å². The van der Waals surface area contributed by atoms with Gasteiger partial charge >= 0.3 is 0 Å². The van der Waals surface area contributed by atoms with Crippen LogP contribution in [0.25, 0.3) is 10.9 Å². The molecule has 0 unspecified atom stereocenters. The number of hydrogen-bond donors (Lipinski definition) is 3. The van der Waals surface area contributed by atoms with Crippen LogP contribution in [0.3, 0.4) is 0 Å². The third-order valence-corrected chi connectivity index (χ3v) is 4.49. The molecule has 140 valence electrons. The highest BCUT2D eigenvalue weighted by atomic mass is 16.5. The number of anilines is 2. The summed E-state index contributed by atoms with van der Waals surface area (Å²) in [4.78, 5) is 12.4. The van der Waals surface area contributed by atoms with E-state index in [2.05, 4.69) is 20.8 Å². The molecule has 3 N–H and O–H groups in total. The first-order valence-corrected chi connectivity index (χ1v) is 8.94. The highest BCUT2D eigenvalue weighted by Crippen LogP contribution is 2.20. The molecule has 1 amide bonds. The van der Waals surface area contributed by atoms with Gasteiger partial charge in [0.15, 0.2) is 5.82 Å². The first kappa shape index (κ1) is 17.6. The number of amides is 1. The van der Waals surface area contributed by atoms with Crippen molar-refractivity contribution in [3.05, 3.63) is 83.9 Å². The Kier molecular flexibility index (Phi) is 4.93. The highest BCUT2D eigenvalue weighted by Gasteiger charge is 2.07. The largest absolute Gasteiger partial charge is 0.497 e. The van der Waals surface area contributed by atoms with Crippen molar-refractivity contribution in [3.63, 3.8) is 0 Å². The average molecular weight is 372 g/mol. The molecule has 0 spiro atoms. The van der Waals surface area contributed by atoms with Crippen LogP contribution >= 0.6 is 0 Å². The van der Waals surface area contributed by atoms with E-state index < -0.39 is 0 Å². The van der Waals surface area contributed by atoms with Crippen molar-refractivity contribution in [2.24, 2.45) is 0 Å². The fraction of sp³-hybridized carbons (Fsp3) is 0.0909. The zero-order valence-corrected chi connectivity index (χ0v) is 15.4. The summed E-state index contributed by atoms with van der Waals surface area (Å²) in [5.41, 5.74) is 3.38. The summed E-state index contributed by atoms with van der Waals surface area (Å²) >= 11 is 0. The fourth-order valence-corrected chi connectivity index (χ4v) is 2.94. The Hall–Kier alpha value is -3.80. The van der Waals surface area contributed by atoms with Crippen LogP contribution in [0.5, 0.6) is 5.75 Å². The molecule has 28 heavy (non-hydrogen) atoms. The lowest BCUT2D eigenvalue weighted by Crippen LogP contribution is -2.12. The molecule has 1 aromatic heterocycles. The van der Waals surface area contributed by atoms with Crippen molar-refractivity contribution < 1.29 is 9.53 Å². The van der Waals surface area contributed by atoms with Gasteiger partial charge in [0.05, 0.1) is 12.6 Å². The minimum atomic E-state index is -0.150. The number of hydrogen-bond acceptors (Lipinski definition) is 4. The molecule has 0 bridgehead atoms. The standard InChI is InChI=1S/C22H20N4O2/c1-28-18-12-10-17(11-13-18)24-22(27)16-8-6-15(7-9-16)14-23-21-19-4-2-3-5-20(19)25-26-21/h2-13H,14H2,1H3,(H,24,27)(H2,23,25,26). The summed E-state index contributed by atoms with van der Waals surface area (Å²) in [6.07, 6.45) is 0. The molecule has 3 aromatic carbocycles. The van der Waals surface area contributed by atoms with Gasteiger partial charge in [-0.2, -0.15) is 5.10 Å². The summed E-state index contributed by atoms with van der Waals surface area (Å²) in [7, 11) is 1.61. The van der Waals surface area contributed by atoms with Gasteiger partial charge in [-0.3, -0.25) is 9.89 Å². The van der Waals surface area contributed by atoms with Crippen LogP contribution in [0.2, 0.25) is 0 Å². The molecule has 0 fully saturated rings. The van der Waals surface area contributed by atoms with Crippen LogP contribution in [0, 0.1) is 0 Å². The first-order chi connectivity index (χ1) is 13.7. The number of H-pyrrole nitrogens is 1. The first-order valence-electron chi connectivity index (χ1n) is 8.94. The number of aromatic nitrogens is 2. The van der Waals surface area contributed by atoms with Crippen LogP contribution in [0.1, 0.15) is 15.9 Å². The highest BCUT2D eigenvalue weighted by molar-refractivity contribution is 6.04. The summed E-state index contributed by atoms with van der Waals surface area (Å²) < 4.78 is 5.12. The molecule has 1 heterocycles. The molecule has 0 aliphatic carbocycles. The maximum atomic E-state index is 12.4. The zero-order chi connectivity index (χ0) is 19.3. The van der Waals surface area contributed by atoms with Gasteiger partial charge in [0.25, 0.3) is 5.91 Å². The number of para-hydroxylation sites is 1. The topological polar surface area (TPSA) is 79.0 Å². The number of aromatic amines is 1. The number of methoxy groups -OCH3 is 1. The lowest BCUT2D eigenvalue weighted by molar-refractivity contribution is 0.102. The minimum Gasteiger partial charge on any atom is -0.497 e. The van der Waals surface area contributed by atoms with Crippen LogP contribution in [-0.4, -0.2) is 23.2 Å². The van der Waals surface area contributed by atoms with Gasteiger partial charge in [0.2, 0.25) is 0 Å². The van der Waals surface area contributed by atoms with Crippen LogP contribution in [0.15, 0.2) is 72.8 Å². The smallest absolute Gasteiger partial charge is 0.255 e. The average Bonchev–Trinajstić information content (AvgIpc) is 3.16. The third kappa shape index (κ3) is 3.81. The summed E-state index contributed by atoms with van der Waals surface area (Å²) in [5.74, 6) is 1.42. The molecule has 0 atom stereocenters. The number of ether oxygens (including phenoxy) is 1. The Morgan fingerprint density at radius 2 is 1.75 bits per heavy atom. The summed E-state index contributed by atoms with van der Waals surface area (Å²) in [6.45, 7) is 0.620. The predicted octanol–water partition coefficient (Wildman–Crippen LogP) is 4.44. The van der Waals surface area contributed by atoms with Gasteiger partial charge in [0, 0.05) is 23.2 Å². The van der Waals surface area contributed by atoms with E-state index in [9.17, 15) is 4.79 Å². The predicted molar refractivity (Wildman–Crippen MR) is 111 cm³/mol. The number of nitrogens with one attached hydrogen (secondary N) is 3. The van der Waals surface area contributed by atoms with Gasteiger partial charge in [-0.05, 0) is 54.1 Å². The van der Waals surface area contributed by atoms with Crippen molar-refractivity contribution in [2.45, 2.75) is 6.54 Å². The van der Waals surface area contributed by atoms with E-state index >= 15 is 0 Å². The van der Waals surface area contributed by atoms with Gasteiger partial charge in [-0.25, -0.2) is 0 Å². The Balaban J connectivity index is 1.38. The van der Waals surface area contributed by atoms with E-state index in [-0.39, 0.29) is 5.91 Å². The molecule has 4 aromatic rings. The number of fused-ring (bicyclic) bond motifs is 1. The second kappa shape index (κ2) is 7.84. The van der Waals surface area contributed by atoms with E-state index in [1.54, 1.807) is 7.11 Å². The van der Waals surface area contributed by atoms with Crippen LogP contribution in [-0.2, 0) is 6.54 Å². The van der Waals surface area contributed by atoms with Crippen LogP contribution < -0.4 is 15.4 Å². The second-order valence-corrected chi connectivity index (χ2v) is 6.35. The van der Waals surface area contributed by atoms with Gasteiger partial charge < -0.3 is 15.4 Å². The normalized spacial score (nSPS) is 10.6. The molecule has 0 aliphatic rings. The Bertz CT molecular complexity index is 1090. The fourth-order valence-electron chi connectivity index (χ4n) is 2.94. The van der Waals surface area contributed by atoms with E-state index in [0.29, 0.717) is 12.1 Å². The lowest BCUT2D eigenvalue weighted by Gasteiger charge is -2.08.